The lowest BCUT2D eigenvalue weighted by Gasteiger charge is -2.25. The predicted molar refractivity (Wildman–Crippen MR) is 397 cm³/mol. The number of rotatable bonds is 4. The molecular weight excluding hydrogens is 899 g/mol. The quantitative estimate of drug-likeness (QED) is 0.165. The lowest BCUT2D eigenvalue weighted by Crippen LogP contribution is -2.48. The summed E-state index contributed by atoms with van der Waals surface area (Å²) < 4.78 is 12.6. The Kier molecular flexibility index (Phi) is 12.0. The minimum absolute atomic E-state index is 0.735. The predicted octanol–water partition coefficient (Wildman–Crippen LogP) is -24.5. The molecule has 0 saturated heterocycles. The van der Waals surface area contributed by atoms with E-state index in [0.717, 1.165) is 33.3 Å². The van der Waals surface area contributed by atoms with Gasteiger partial charge in [0.2, 0.25) is 0 Å². The van der Waals surface area contributed by atoms with Crippen LogP contribution in [0.4, 0.5) is 0 Å². The molecule has 11 rings (SSSR count). The summed E-state index contributed by atoms with van der Waals surface area (Å²) in [5, 5.41) is 6.70. The number of hydrogen-bond donors (Lipinski definition) is 0. The Labute approximate surface area is 458 Å². The molecule has 0 bridgehead atoms. The molecule has 27 heteroatoms. The van der Waals surface area contributed by atoms with Crippen molar-refractivity contribution in [1.29, 1.82) is 0 Å². The smallest absolute Gasteiger partial charge is 0.180 e. The van der Waals surface area contributed by atoms with E-state index in [1.165, 1.54) is 194 Å². The third-order valence-electron chi connectivity index (χ3n) is 19.4. The van der Waals surface area contributed by atoms with E-state index in [1.807, 2.05) is 22.7 Å². The van der Waals surface area contributed by atoms with Gasteiger partial charge in [-0.25, -0.2) is 9.97 Å². The van der Waals surface area contributed by atoms with Gasteiger partial charge >= 0.3 is 0 Å². The largest absolute Gasteiger partial charge is 0.452 e. The highest BCUT2D eigenvalue weighted by atomic mass is 32.1. The molecule has 11 aromatic rings. The van der Waals surface area contributed by atoms with E-state index in [9.17, 15) is 0 Å². The van der Waals surface area contributed by atoms with Crippen molar-refractivity contribution in [2.24, 2.45) is 0 Å². The highest BCUT2D eigenvalue weighted by molar-refractivity contribution is 7.29. The topological polar surface area (TPSA) is 38.9 Å². The van der Waals surface area contributed by atoms with Gasteiger partial charge in [0, 0.05) is 24.2 Å². The van der Waals surface area contributed by atoms with Crippen molar-refractivity contribution in [1.82, 2.24) is 9.97 Å². The highest BCUT2D eigenvalue weighted by Crippen LogP contribution is 2.39. The molecule has 326 valence electrons. The van der Waals surface area contributed by atoms with Gasteiger partial charge in [-0.3, -0.25) is 0 Å². The van der Waals surface area contributed by atoms with E-state index in [-0.39, 0.29) is 0 Å². The molecule has 0 fully saturated rings. The minimum Gasteiger partial charge on any atom is -0.452 e. The van der Waals surface area contributed by atoms with E-state index in [4.69, 9.17) is 14.4 Å². The summed E-state index contributed by atoms with van der Waals surface area (Å²) in [5.74, 6) is 0. The van der Waals surface area contributed by atoms with E-state index in [0.29, 0.717) is 0 Å². The second-order valence-electron chi connectivity index (χ2n) is 22.2. The standard InChI is InChI=1S/C46H48B22N2OS2/c47-18-8(20(49)30(59)21(50)9(18)11-23(52)32(61)25(54)13-15-27(56)34(63)36(65)38(67)45(15)72-43(11)13)5-1-2-7-6(3-5)40-42(71-7)41(70-4-69-40)17-19(48)10(22(51)31(60)29(17)58)12-24(53)33(62)26(55)14-16-28(57)35(64)37(66)39(68)46(16)73-44(12)14/h1-4H,47-68H2. The number of hydrogen-bond acceptors (Lipinski definition) is 5. The van der Waals surface area contributed by atoms with E-state index >= 15 is 0 Å². The monoisotopic (exact) mass is 951 g/mol. The van der Waals surface area contributed by atoms with Gasteiger partial charge in [-0.15, -0.1) is 66.4 Å². The first kappa shape index (κ1) is 50.4. The number of fused-ring (bicyclic) bond motifs is 9. The van der Waals surface area contributed by atoms with Crippen LogP contribution in [0.5, 0.6) is 0 Å². The van der Waals surface area contributed by atoms with Crippen molar-refractivity contribution in [2.75, 3.05) is 0 Å². The fourth-order valence-electron chi connectivity index (χ4n) is 13.4. The Balaban J connectivity index is 1.14. The number of aromatic nitrogens is 2. The highest BCUT2D eigenvalue weighted by Gasteiger charge is 2.29. The van der Waals surface area contributed by atoms with Crippen LogP contribution in [0.3, 0.4) is 0 Å². The molecule has 0 aliphatic heterocycles. The van der Waals surface area contributed by atoms with Crippen LogP contribution in [0, 0.1) is 0 Å². The third-order valence-corrected chi connectivity index (χ3v) is 22.0. The van der Waals surface area contributed by atoms with Crippen LogP contribution in [0.15, 0.2) is 28.9 Å². The molecule has 7 aromatic carbocycles. The van der Waals surface area contributed by atoms with Crippen LogP contribution in [-0.4, -0.2) is 183 Å². The summed E-state index contributed by atoms with van der Waals surface area (Å²) >= 11 is 3.98. The van der Waals surface area contributed by atoms with Crippen LogP contribution in [0.25, 0.3) is 107 Å². The maximum Gasteiger partial charge on any atom is 0.180 e. The summed E-state index contributed by atoms with van der Waals surface area (Å²) in [7, 11) is 51.0. The molecule has 4 heterocycles. The van der Waals surface area contributed by atoms with Gasteiger partial charge in [-0.2, -0.15) is 0 Å². The molecule has 0 unspecified atom stereocenters. The Hall–Kier alpha value is -4.71. The number of nitrogens with zero attached hydrogens (tertiary/aromatic N) is 2. The molecule has 73 heavy (non-hydrogen) atoms. The number of benzene rings is 7. The van der Waals surface area contributed by atoms with Crippen molar-refractivity contribution in [2.45, 2.75) is 0 Å². The van der Waals surface area contributed by atoms with Gasteiger partial charge in [0.1, 0.15) is 196 Å². The second-order valence-corrected chi connectivity index (χ2v) is 24.3. The van der Waals surface area contributed by atoms with Crippen molar-refractivity contribution >= 4 is 378 Å². The molecule has 0 aliphatic rings. The van der Waals surface area contributed by atoms with Crippen LogP contribution in [-0.2, 0) is 0 Å². The van der Waals surface area contributed by atoms with Crippen molar-refractivity contribution in [3.05, 3.63) is 24.5 Å². The maximum atomic E-state index is 7.00. The van der Waals surface area contributed by atoms with Crippen molar-refractivity contribution in [3.8, 4) is 44.6 Å². The molecular formula is C46H48B22N2OS2. The van der Waals surface area contributed by atoms with Crippen LogP contribution in [0.2, 0.25) is 0 Å². The SMILES string of the molecule is Bc1c(B)c(-c2ccc3oc4c(-c5c(B)c(B)c(B)c(-c6c(B)c(B)c(B)c7c6sc6c(B)c(B)c(B)c(B)c67)c5B)ncnc4c3c2)c(B)c(-c2c(B)c(B)c(B)c3c2sc2c(B)c(B)c(B)c(B)c23)c1B. The summed E-state index contributed by atoms with van der Waals surface area (Å²) in [5.41, 5.74) is 42.1. The summed E-state index contributed by atoms with van der Waals surface area (Å²) in [6, 6.07) is 6.77. The van der Waals surface area contributed by atoms with Gasteiger partial charge in [0.15, 0.2) is 5.58 Å². The first-order valence-corrected chi connectivity index (χ1v) is 27.8. The van der Waals surface area contributed by atoms with Crippen LogP contribution >= 0.6 is 22.7 Å². The van der Waals surface area contributed by atoms with Gasteiger partial charge in [-0.05, 0) is 72.6 Å². The molecule has 3 nitrogen and oxygen atoms in total. The molecule has 4 aromatic heterocycles. The van der Waals surface area contributed by atoms with Gasteiger partial charge < -0.3 is 4.42 Å². The first-order valence-electron chi connectivity index (χ1n) is 26.2. The summed E-state index contributed by atoms with van der Waals surface area (Å²) in [6.45, 7) is 0. The zero-order valence-corrected chi connectivity index (χ0v) is 49.1. The Bertz CT molecular complexity index is 4430. The molecule has 0 atom stereocenters. The van der Waals surface area contributed by atoms with Gasteiger partial charge in [-0.1, -0.05) is 82.5 Å². The lowest BCUT2D eigenvalue weighted by molar-refractivity contribution is 0.667. The van der Waals surface area contributed by atoms with Gasteiger partial charge in [0.25, 0.3) is 0 Å². The average molecular weight is 947 g/mol. The number of furan rings is 1. The van der Waals surface area contributed by atoms with Gasteiger partial charge in [0.05, 0.1) is 0 Å². The Morgan fingerprint density at radius 1 is 0.315 bits per heavy atom. The molecule has 0 saturated carbocycles. The zero-order chi connectivity index (χ0) is 52.6. The molecule has 0 N–H and O–H groups in total. The van der Waals surface area contributed by atoms with Crippen molar-refractivity contribution in [3.63, 3.8) is 0 Å². The van der Waals surface area contributed by atoms with Crippen LogP contribution in [0.1, 0.15) is 0 Å². The molecule has 0 amide bonds. The molecule has 0 aliphatic carbocycles. The van der Waals surface area contributed by atoms with Crippen molar-refractivity contribution < 1.29 is 4.42 Å². The fourth-order valence-corrected chi connectivity index (χ4v) is 16.6. The summed E-state index contributed by atoms with van der Waals surface area (Å²) in [4.78, 5) is 10.2. The zero-order valence-electron chi connectivity index (χ0n) is 47.4. The second kappa shape index (κ2) is 17.4. The first-order chi connectivity index (χ1) is 34.4. The fraction of sp³-hybridized carbons (Fsp3) is 0. The summed E-state index contributed by atoms with van der Waals surface area (Å²) in [6.07, 6.45) is 1.75. The average Bonchev–Trinajstić information content (AvgIpc) is 4.08. The third kappa shape index (κ3) is 6.74. The Morgan fingerprint density at radius 3 is 1.14 bits per heavy atom. The number of thiophene rings is 2. The normalized spacial score (nSPS) is 11.9. The van der Waals surface area contributed by atoms with Crippen LogP contribution < -0.4 is 120 Å². The maximum absolute atomic E-state index is 7.00. The molecule has 0 spiro atoms. The van der Waals surface area contributed by atoms with E-state index in [1.54, 1.807) is 6.33 Å². The van der Waals surface area contributed by atoms with E-state index < -0.39 is 0 Å². The minimum atomic E-state index is 0.735. The Morgan fingerprint density at radius 2 is 0.671 bits per heavy atom. The van der Waals surface area contributed by atoms with E-state index in [2.05, 4.69) is 191 Å². The lowest BCUT2D eigenvalue weighted by atomic mass is 9.59. The molecule has 0 radical (unpaired) electrons.